The smallest absolute Gasteiger partial charge is 0.251 e. The van der Waals surface area contributed by atoms with E-state index in [1.54, 1.807) is 36.0 Å². The summed E-state index contributed by atoms with van der Waals surface area (Å²) in [6.07, 6.45) is 2.98. The molecule has 1 amide bonds. The molecule has 6 nitrogen and oxygen atoms in total. The number of thiazole rings is 1. The lowest BCUT2D eigenvalue weighted by molar-refractivity contribution is -0.122. The Morgan fingerprint density at radius 3 is 2.55 bits per heavy atom. The average Bonchev–Trinajstić information content (AvgIpc) is 3.13. The van der Waals surface area contributed by atoms with Crippen molar-refractivity contribution in [2.24, 2.45) is 10.9 Å². The zero-order valence-corrected chi connectivity index (χ0v) is 21.7. The molecule has 1 saturated heterocycles. The quantitative estimate of drug-likeness (QED) is 0.475. The van der Waals surface area contributed by atoms with Gasteiger partial charge in [-0.05, 0) is 56.4 Å². The molecule has 4 rings (SSSR count). The number of benzene rings is 2. The lowest BCUT2D eigenvalue weighted by Gasteiger charge is -2.29. The summed E-state index contributed by atoms with van der Waals surface area (Å²) in [7, 11) is -3.55. The zero-order chi connectivity index (χ0) is 23.6. The Bertz CT molecular complexity index is 1320. The summed E-state index contributed by atoms with van der Waals surface area (Å²) in [5, 5.41) is 0.654. The monoisotopic (exact) mass is 523 g/mol. The first-order valence-corrected chi connectivity index (χ1v) is 14.8. The van der Waals surface area contributed by atoms with Crippen molar-refractivity contribution < 1.29 is 13.2 Å². The maximum absolute atomic E-state index is 13.0. The predicted octanol–water partition coefficient (Wildman–Crippen LogP) is 4.56. The van der Waals surface area contributed by atoms with Gasteiger partial charge in [-0.3, -0.25) is 4.79 Å². The van der Waals surface area contributed by atoms with Crippen LogP contribution in [-0.4, -0.2) is 48.3 Å². The maximum Gasteiger partial charge on any atom is 0.251 e. The molecule has 1 aromatic heterocycles. The first-order chi connectivity index (χ1) is 15.8. The van der Waals surface area contributed by atoms with E-state index < -0.39 is 10.0 Å². The van der Waals surface area contributed by atoms with Crippen LogP contribution in [-0.2, 0) is 21.4 Å². The van der Waals surface area contributed by atoms with Crippen LogP contribution in [0.25, 0.3) is 10.2 Å². The van der Waals surface area contributed by atoms with Crippen molar-refractivity contribution in [2.45, 2.75) is 31.2 Å². The van der Waals surface area contributed by atoms with Crippen molar-refractivity contribution in [1.82, 2.24) is 8.87 Å². The molecule has 176 valence electrons. The Labute approximate surface area is 207 Å². The van der Waals surface area contributed by atoms with Gasteiger partial charge < -0.3 is 4.57 Å². The number of carbonyl (C=O) groups is 1. The number of hydrogen-bond acceptors (Lipinski definition) is 5. The molecule has 0 saturated carbocycles. The van der Waals surface area contributed by atoms with E-state index in [1.165, 1.54) is 15.6 Å². The number of aromatic nitrogens is 1. The number of nitrogens with zero attached hydrogens (tertiary/aromatic N) is 3. The SMILES string of the molecule is CSCCn1c(=NC(=O)C2CCN(S(=O)(=O)c3ccc(C)cc3)CC2)sc2cc(Cl)ccc21. The molecule has 0 bridgehead atoms. The summed E-state index contributed by atoms with van der Waals surface area (Å²) in [5.41, 5.74) is 2.03. The molecule has 0 atom stereocenters. The van der Waals surface area contributed by atoms with E-state index in [0.717, 1.165) is 28.1 Å². The van der Waals surface area contributed by atoms with Crippen molar-refractivity contribution in [3.8, 4) is 0 Å². The lowest BCUT2D eigenvalue weighted by atomic mass is 9.98. The Morgan fingerprint density at radius 2 is 1.88 bits per heavy atom. The first kappa shape index (κ1) is 24.5. The number of amides is 1. The molecule has 10 heteroatoms. The summed E-state index contributed by atoms with van der Waals surface area (Å²) in [4.78, 5) is 18.5. The summed E-state index contributed by atoms with van der Waals surface area (Å²) < 4.78 is 30.4. The molecule has 0 aliphatic carbocycles. The molecule has 1 aliphatic heterocycles. The van der Waals surface area contributed by atoms with Gasteiger partial charge in [-0.2, -0.15) is 21.1 Å². The van der Waals surface area contributed by atoms with Gasteiger partial charge in [0.05, 0.1) is 15.1 Å². The molecule has 2 aromatic carbocycles. The average molecular weight is 524 g/mol. The normalized spacial score (nSPS) is 16.5. The largest absolute Gasteiger partial charge is 0.316 e. The maximum atomic E-state index is 13.0. The van der Waals surface area contributed by atoms with Gasteiger partial charge in [0.15, 0.2) is 4.80 Å². The molecule has 0 N–H and O–H groups in total. The summed E-state index contributed by atoms with van der Waals surface area (Å²) in [5.74, 6) is 0.445. The predicted molar refractivity (Wildman–Crippen MR) is 136 cm³/mol. The van der Waals surface area contributed by atoms with Crippen LogP contribution < -0.4 is 4.80 Å². The van der Waals surface area contributed by atoms with Gasteiger partial charge in [-0.15, -0.1) is 0 Å². The molecule has 0 unspecified atom stereocenters. The Morgan fingerprint density at radius 1 is 1.18 bits per heavy atom. The van der Waals surface area contributed by atoms with E-state index in [-0.39, 0.29) is 11.8 Å². The van der Waals surface area contributed by atoms with E-state index in [0.29, 0.717) is 40.7 Å². The van der Waals surface area contributed by atoms with Crippen LogP contribution in [0.5, 0.6) is 0 Å². The second-order valence-electron chi connectivity index (χ2n) is 8.08. The van der Waals surface area contributed by atoms with E-state index in [2.05, 4.69) is 9.56 Å². The van der Waals surface area contributed by atoms with Gasteiger partial charge in [-0.25, -0.2) is 8.42 Å². The van der Waals surface area contributed by atoms with Crippen LogP contribution >= 0.6 is 34.7 Å². The summed E-state index contributed by atoms with van der Waals surface area (Å²) >= 11 is 9.35. The van der Waals surface area contributed by atoms with Crippen LogP contribution in [0, 0.1) is 12.8 Å². The Kier molecular flexibility index (Phi) is 7.65. The van der Waals surface area contributed by atoms with Crippen molar-refractivity contribution in [2.75, 3.05) is 25.1 Å². The third kappa shape index (κ3) is 5.38. The standard InChI is InChI=1S/C23H26ClN3O3S3/c1-16-3-6-19(7-4-16)33(29,30)26-11-9-17(10-12-26)22(28)25-23-27(13-14-31-2)20-8-5-18(24)15-21(20)32-23/h3-8,15,17H,9-14H2,1-2H3. The highest BCUT2D eigenvalue weighted by Gasteiger charge is 2.32. The van der Waals surface area contributed by atoms with Crippen molar-refractivity contribution >= 4 is 60.8 Å². The third-order valence-corrected chi connectivity index (χ3v) is 9.61. The number of rotatable bonds is 6. The van der Waals surface area contributed by atoms with Gasteiger partial charge in [0.25, 0.3) is 5.91 Å². The van der Waals surface area contributed by atoms with Gasteiger partial charge >= 0.3 is 0 Å². The number of carbonyl (C=O) groups excluding carboxylic acids is 1. The highest BCUT2D eigenvalue weighted by Crippen LogP contribution is 2.26. The zero-order valence-electron chi connectivity index (χ0n) is 18.5. The second-order valence-corrected chi connectivity index (χ2v) is 12.5. The van der Waals surface area contributed by atoms with Gasteiger partial charge in [-0.1, -0.05) is 40.6 Å². The minimum atomic E-state index is -3.55. The third-order valence-electron chi connectivity index (χ3n) is 5.83. The number of thioether (sulfide) groups is 1. The van der Waals surface area contributed by atoms with Gasteiger partial charge in [0.2, 0.25) is 10.0 Å². The molecular weight excluding hydrogens is 498 g/mol. The van der Waals surface area contributed by atoms with Crippen LogP contribution in [0.2, 0.25) is 5.02 Å². The number of halogens is 1. The number of sulfonamides is 1. The Hall–Kier alpha value is -1.65. The van der Waals surface area contributed by atoms with Crippen molar-refractivity contribution in [3.63, 3.8) is 0 Å². The van der Waals surface area contributed by atoms with E-state index in [1.807, 2.05) is 31.4 Å². The van der Waals surface area contributed by atoms with Crippen LogP contribution in [0.4, 0.5) is 0 Å². The van der Waals surface area contributed by atoms with Crippen molar-refractivity contribution in [1.29, 1.82) is 0 Å². The van der Waals surface area contributed by atoms with E-state index in [9.17, 15) is 13.2 Å². The number of piperidine rings is 1. The lowest BCUT2D eigenvalue weighted by Crippen LogP contribution is -2.40. The van der Waals surface area contributed by atoms with E-state index in [4.69, 9.17) is 11.6 Å². The number of aryl methyl sites for hydroxylation is 2. The fourth-order valence-corrected chi connectivity index (χ4v) is 7.09. The molecule has 1 aliphatic rings. The first-order valence-electron chi connectivity index (χ1n) is 10.7. The van der Waals surface area contributed by atoms with Crippen LogP contribution in [0.15, 0.2) is 52.4 Å². The summed E-state index contributed by atoms with van der Waals surface area (Å²) in [6.45, 7) is 3.31. The molecule has 1 fully saturated rings. The molecule has 0 radical (unpaired) electrons. The van der Waals surface area contributed by atoms with Gasteiger partial charge in [0, 0.05) is 36.3 Å². The molecule has 33 heavy (non-hydrogen) atoms. The van der Waals surface area contributed by atoms with Crippen LogP contribution in [0.1, 0.15) is 18.4 Å². The molecular formula is C23H26ClN3O3S3. The minimum absolute atomic E-state index is 0.182. The Balaban J connectivity index is 1.52. The molecule has 2 heterocycles. The molecule has 0 spiro atoms. The number of hydrogen-bond donors (Lipinski definition) is 0. The highest BCUT2D eigenvalue weighted by molar-refractivity contribution is 7.98. The fourth-order valence-electron chi connectivity index (χ4n) is 3.92. The second kappa shape index (κ2) is 10.3. The number of fused-ring (bicyclic) bond motifs is 1. The van der Waals surface area contributed by atoms with Crippen LogP contribution in [0.3, 0.4) is 0 Å². The summed E-state index contributed by atoms with van der Waals surface area (Å²) in [6, 6.07) is 12.6. The van der Waals surface area contributed by atoms with E-state index >= 15 is 0 Å². The van der Waals surface area contributed by atoms with Gasteiger partial charge in [0.1, 0.15) is 0 Å². The van der Waals surface area contributed by atoms with Crippen molar-refractivity contribution in [3.05, 3.63) is 57.9 Å². The minimum Gasteiger partial charge on any atom is -0.316 e. The topological polar surface area (TPSA) is 71.7 Å². The molecule has 3 aromatic rings. The highest BCUT2D eigenvalue weighted by atomic mass is 35.5. The fraction of sp³-hybridized carbons (Fsp3) is 0.391.